The molecule has 0 aliphatic carbocycles. The average molecular weight is 339 g/mol. The summed E-state index contributed by atoms with van der Waals surface area (Å²) in [5, 5.41) is 15.6. The second-order valence-corrected chi connectivity index (χ2v) is 6.54. The number of rotatable bonds is 2. The molecule has 1 aliphatic heterocycles. The van der Waals surface area contributed by atoms with Crippen molar-refractivity contribution in [2.45, 2.75) is 31.9 Å². The predicted molar refractivity (Wildman–Crippen MR) is 91.9 cm³/mol. The first kappa shape index (κ1) is 15.7. The highest BCUT2D eigenvalue weighted by molar-refractivity contribution is 7.18. The topological polar surface area (TPSA) is 63.0 Å². The number of aliphatic hydroxyl groups excluding tert-OH is 1. The van der Waals surface area contributed by atoms with Gasteiger partial charge in [-0.3, -0.25) is 4.98 Å². The quantitative estimate of drug-likeness (QED) is 0.754. The Balaban J connectivity index is 0.00000144. The number of nitrogens with one attached hydrogen (secondary N) is 1. The molecule has 2 N–H and O–H groups in total. The molecular formula is C15H19ClN4OS. The van der Waals surface area contributed by atoms with Gasteiger partial charge >= 0.3 is 0 Å². The smallest absolute Gasteiger partial charge is 0.138 e. The van der Waals surface area contributed by atoms with Crippen molar-refractivity contribution in [1.29, 1.82) is 0 Å². The maximum Gasteiger partial charge on any atom is 0.138 e. The third-order valence-electron chi connectivity index (χ3n) is 4.20. The Morgan fingerprint density at radius 3 is 2.86 bits per heavy atom. The molecule has 1 unspecified atom stereocenters. The normalized spacial score (nSPS) is 17.7. The maximum absolute atomic E-state index is 10.1. The third kappa shape index (κ3) is 2.40. The van der Waals surface area contributed by atoms with Crippen molar-refractivity contribution >= 4 is 45.0 Å². The van der Waals surface area contributed by atoms with Crippen LogP contribution in [0.3, 0.4) is 0 Å². The highest BCUT2D eigenvalue weighted by atomic mass is 35.5. The van der Waals surface area contributed by atoms with Gasteiger partial charge in [0.25, 0.3) is 0 Å². The summed E-state index contributed by atoms with van der Waals surface area (Å²) in [6, 6.07) is 2.44. The molecular weight excluding hydrogens is 320 g/mol. The van der Waals surface area contributed by atoms with E-state index in [0.717, 1.165) is 48.3 Å². The third-order valence-corrected chi connectivity index (χ3v) is 5.11. The van der Waals surface area contributed by atoms with Crippen LogP contribution in [0.1, 0.15) is 37.7 Å². The molecule has 22 heavy (non-hydrogen) atoms. The zero-order valence-corrected chi connectivity index (χ0v) is 14.0. The lowest BCUT2D eigenvalue weighted by atomic mass is 10.1. The number of aromatic nitrogens is 3. The van der Waals surface area contributed by atoms with Crippen molar-refractivity contribution in [3.63, 3.8) is 0 Å². The summed E-state index contributed by atoms with van der Waals surface area (Å²) in [4.78, 5) is 9.12. The van der Waals surface area contributed by atoms with Crippen LogP contribution in [0.5, 0.6) is 0 Å². The fourth-order valence-electron chi connectivity index (χ4n) is 3.23. The second-order valence-electron chi connectivity index (χ2n) is 5.62. The molecule has 118 valence electrons. The van der Waals surface area contributed by atoms with Crippen molar-refractivity contribution in [3.8, 4) is 0 Å². The molecule has 1 saturated heterocycles. The zero-order valence-electron chi connectivity index (χ0n) is 12.3. The molecule has 1 aliphatic rings. The number of halogens is 1. The molecule has 4 heterocycles. The second kappa shape index (κ2) is 6.12. The lowest BCUT2D eigenvalue weighted by Gasteiger charge is -2.27. The number of hydrogen-bond acceptors (Lipinski definition) is 5. The van der Waals surface area contributed by atoms with Gasteiger partial charge in [-0.2, -0.15) is 0 Å². The van der Waals surface area contributed by atoms with Gasteiger partial charge in [0.15, 0.2) is 0 Å². The summed E-state index contributed by atoms with van der Waals surface area (Å²) < 4.78 is 3.44. The Kier molecular flexibility index (Phi) is 4.36. The Bertz CT molecular complexity index is 791. The molecule has 7 heteroatoms. The first-order valence-corrected chi connectivity index (χ1v) is 8.26. The minimum Gasteiger partial charge on any atom is -0.385 e. The van der Waals surface area contributed by atoms with E-state index in [1.165, 1.54) is 4.70 Å². The molecule has 0 radical (unpaired) electrons. The van der Waals surface area contributed by atoms with Gasteiger partial charge < -0.3 is 15.0 Å². The number of fused-ring (bicyclic) bond motifs is 3. The summed E-state index contributed by atoms with van der Waals surface area (Å²) in [6.07, 6.45) is 3.40. The Labute approximate surface area is 138 Å². The van der Waals surface area contributed by atoms with E-state index in [1.807, 2.05) is 12.3 Å². The van der Waals surface area contributed by atoms with Crippen LogP contribution in [0.4, 0.5) is 0 Å². The average Bonchev–Trinajstić information content (AvgIpc) is 3.11. The van der Waals surface area contributed by atoms with Crippen LogP contribution in [0, 0.1) is 0 Å². The molecule has 3 aromatic rings. The highest BCUT2D eigenvalue weighted by Crippen LogP contribution is 2.35. The van der Waals surface area contributed by atoms with Crippen LogP contribution in [-0.4, -0.2) is 32.7 Å². The monoisotopic (exact) mass is 338 g/mol. The van der Waals surface area contributed by atoms with Crippen molar-refractivity contribution in [1.82, 2.24) is 19.9 Å². The van der Waals surface area contributed by atoms with E-state index in [-0.39, 0.29) is 12.4 Å². The number of aliphatic hydroxyl groups is 1. The first-order chi connectivity index (χ1) is 10.3. The van der Waals surface area contributed by atoms with Crippen LogP contribution < -0.4 is 5.32 Å². The summed E-state index contributed by atoms with van der Waals surface area (Å²) in [6.45, 7) is 3.82. The Morgan fingerprint density at radius 1 is 1.36 bits per heavy atom. The van der Waals surface area contributed by atoms with E-state index in [2.05, 4.69) is 25.2 Å². The molecule has 1 fully saturated rings. The number of piperidine rings is 1. The van der Waals surface area contributed by atoms with Gasteiger partial charge in [0.1, 0.15) is 17.4 Å². The van der Waals surface area contributed by atoms with Crippen molar-refractivity contribution in [3.05, 3.63) is 23.5 Å². The summed E-state index contributed by atoms with van der Waals surface area (Å²) in [5.41, 5.74) is 3.04. The molecule has 0 aromatic carbocycles. The maximum atomic E-state index is 10.1. The fraction of sp³-hybridized carbons (Fsp3) is 0.467. The lowest BCUT2D eigenvalue weighted by Crippen LogP contribution is -2.30. The highest BCUT2D eigenvalue weighted by Gasteiger charge is 2.25. The van der Waals surface area contributed by atoms with Gasteiger partial charge in [-0.1, -0.05) is 0 Å². The molecule has 0 spiro atoms. The Morgan fingerprint density at radius 2 is 2.14 bits per heavy atom. The van der Waals surface area contributed by atoms with Gasteiger partial charge in [0.05, 0.1) is 21.9 Å². The number of thiophene rings is 1. The predicted octanol–water partition coefficient (Wildman–Crippen LogP) is 3.05. The van der Waals surface area contributed by atoms with E-state index in [4.69, 9.17) is 0 Å². The van der Waals surface area contributed by atoms with Gasteiger partial charge in [0.2, 0.25) is 0 Å². The van der Waals surface area contributed by atoms with Gasteiger partial charge in [-0.25, -0.2) is 4.98 Å². The standard InChI is InChI=1S/C15H18N4OS.ClH/c1-9(20)15-18-12-8-17-11-4-7-21-14(11)13(12)19(15)10-2-5-16-6-3-10;/h4,7-10,16,20H,2-3,5-6H2,1H3;1H. The fourth-order valence-corrected chi connectivity index (χ4v) is 4.11. The lowest BCUT2D eigenvalue weighted by molar-refractivity contribution is 0.179. The van der Waals surface area contributed by atoms with Crippen LogP contribution in [0.2, 0.25) is 0 Å². The van der Waals surface area contributed by atoms with Crippen LogP contribution in [0.25, 0.3) is 21.3 Å². The minimum absolute atomic E-state index is 0. The van der Waals surface area contributed by atoms with E-state index >= 15 is 0 Å². The number of pyridine rings is 1. The summed E-state index contributed by atoms with van der Waals surface area (Å²) >= 11 is 1.70. The first-order valence-electron chi connectivity index (χ1n) is 7.38. The molecule has 0 bridgehead atoms. The molecule has 0 saturated carbocycles. The van der Waals surface area contributed by atoms with E-state index in [0.29, 0.717) is 6.04 Å². The Hall–Kier alpha value is -1.21. The molecule has 0 amide bonds. The number of nitrogens with zero attached hydrogens (tertiary/aromatic N) is 3. The zero-order chi connectivity index (χ0) is 14.4. The molecule has 3 aromatic heterocycles. The largest absolute Gasteiger partial charge is 0.385 e. The van der Waals surface area contributed by atoms with E-state index in [1.54, 1.807) is 18.3 Å². The van der Waals surface area contributed by atoms with Crippen LogP contribution >= 0.6 is 23.7 Å². The van der Waals surface area contributed by atoms with Gasteiger partial charge in [-0.05, 0) is 44.3 Å². The SMILES string of the molecule is CC(O)c1nc2cnc3ccsc3c2n1C1CCNCC1.Cl. The van der Waals surface area contributed by atoms with E-state index in [9.17, 15) is 5.11 Å². The molecule has 4 rings (SSSR count). The number of imidazole rings is 1. The van der Waals surface area contributed by atoms with Crippen LogP contribution in [0.15, 0.2) is 17.6 Å². The molecule has 1 atom stereocenters. The van der Waals surface area contributed by atoms with Crippen LogP contribution in [-0.2, 0) is 0 Å². The van der Waals surface area contributed by atoms with E-state index < -0.39 is 6.10 Å². The van der Waals surface area contributed by atoms with Crippen molar-refractivity contribution in [2.75, 3.05) is 13.1 Å². The minimum atomic E-state index is -0.567. The van der Waals surface area contributed by atoms with Gasteiger partial charge in [-0.15, -0.1) is 23.7 Å². The van der Waals surface area contributed by atoms with Crippen molar-refractivity contribution < 1.29 is 5.11 Å². The summed E-state index contributed by atoms with van der Waals surface area (Å²) in [7, 11) is 0. The molecule has 5 nitrogen and oxygen atoms in total. The number of hydrogen-bond donors (Lipinski definition) is 2. The van der Waals surface area contributed by atoms with Crippen molar-refractivity contribution in [2.24, 2.45) is 0 Å². The summed E-state index contributed by atoms with van der Waals surface area (Å²) in [5.74, 6) is 0.764. The van der Waals surface area contributed by atoms with Gasteiger partial charge in [0, 0.05) is 6.04 Å².